The molecule has 1 unspecified atom stereocenters. The first-order valence-electron chi connectivity index (χ1n) is 5.92. The summed E-state index contributed by atoms with van der Waals surface area (Å²) < 4.78 is 45.3. The number of benzene rings is 1. The summed E-state index contributed by atoms with van der Waals surface area (Å²) >= 11 is 0. The second-order valence-electron chi connectivity index (χ2n) is 4.51. The molecule has 0 aliphatic heterocycles. The molecule has 0 radical (unpaired) electrons. The van der Waals surface area contributed by atoms with Crippen molar-refractivity contribution in [3.63, 3.8) is 0 Å². The number of anilines is 1. The van der Waals surface area contributed by atoms with Gasteiger partial charge < -0.3 is 10.2 Å². The van der Waals surface area contributed by atoms with Crippen molar-refractivity contribution >= 4 is 15.7 Å². The largest absolute Gasteiger partial charge is 0.465 e. The predicted octanol–water partition coefficient (Wildman–Crippen LogP) is 2.35. The molecule has 0 amide bonds. The Kier molecular flexibility index (Phi) is 3.82. The van der Waals surface area contributed by atoms with E-state index in [4.69, 9.17) is 10.2 Å². The van der Waals surface area contributed by atoms with E-state index in [0.717, 1.165) is 12.1 Å². The lowest BCUT2D eigenvalue weighted by atomic mass is 10.3. The summed E-state index contributed by atoms with van der Waals surface area (Å²) in [5.41, 5.74) is 5.50. The number of halogens is 1. The van der Waals surface area contributed by atoms with Crippen LogP contribution in [0.15, 0.2) is 39.6 Å². The molecular weight excluding hydrogens is 283 g/mol. The average molecular weight is 298 g/mol. The van der Waals surface area contributed by atoms with E-state index in [1.165, 1.54) is 6.07 Å². The lowest BCUT2D eigenvalue weighted by Gasteiger charge is -2.12. The number of rotatable bonds is 4. The molecule has 2 aromatic rings. The first-order valence-corrected chi connectivity index (χ1v) is 7.41. The second-order valence-corrected chi connectivity index (χ2v) is 6.23. The number of sulfonamides is 1. The Morgan fingerprint density at radius 3 is 2.55 bits per heavy atom. The molecule has 1 aromatic heterocycles. The maximum atomic E-state index is 13.2. The first kappa shape index (κ1) is 14.5. The summed E-state index contributed by atoms with van der Waals surface area (Å²) in [4.78, 5) is -0.217. The highest BCUT2D eigenvalue weighted by atomic mass is 32.2. The molecular formula is C13H15FN2O3S. The second kappa shape index (κ2) is 5.26. The molecule has 20 heavy (non-hydrogen) atoms. The highest BCUT2D eigenvalue weighted by Gasteiger charge is 2.21. The van der Waals surface area contributed by atoms with Crippen molar-refractivity contribution in [2.75, 3.05) is 5.73 Å². The van der Waals surface area contributed by atoms with Crippen molar-refractivity contribution in [1.29, 1.82) is 0 Å². The van der Waals surface area contributed by atoms with Crippen LogP contribution in [0.4, 0.5) is 10.1 Å². The monoisotopic (exact) mass is 298 g/mol. The Hall–Kier alpha value is -1.86. The Labute approximate surface area is 116 Å². The zero-order chi connectivity index (χ0) is 14.9. The lowest BCUT2D eigenvalue weighted by molar-refractivity contribution is 0.441. The minimum Gasteiger partial charge on any atom is -0.465 e. The molecule has 2 rings (SSSR count). The smallest absolute Gasteiger partial charge is 0.241 e. The molecule has 1 heterocycles. The van der Waals surface area contributed by atoms with E-state index in [1.54, 1.807) is 26.0 Å². The first-order chi connectivity index (χ1) is 9.28. The van der Waals surface area contributed by atoms with Crippen LogP contribution in [0.3, 0.4) is 0 Å². The third-order valence-corrected chi connectivity index (χ3v) is 4.24. The molecule has 0 bridgehead atoms. The number of furan rings is 1. The van der Waals surface area contributed by atoms with Crippen molar-refractivity contribution in [2.24, 2.45) is 0 Å². The standard InChI is InChI=1S/C13H15FN2O3S/c1-8-3-4-13(19-8)9(2)16-20(17,18)12-6-10(14)5-11(15)7-12/h3-7,9,16H,15H2,1-2H3. The predicted molar refractivity (Wildman–Crippen MR) is 73.0 cm³/mol. The molecule has 1 atom stereocenters. The molecule has 0 spiro atoms. The quantitative estimate of drug-likeness (QED) is 0.848. The highest BCUT2D eigenvalue weighted by molar-refractivity contribution is 7.89. The zero-order valence-electron chi connectivity index (χ0n) is 11.1. The summed E-state index contributed by atoms with van der Waals surface area (Å²) in [5, 5.41) is 0. The molecule has 3 N–H and O–H groups in total. The summed E-state index contributed by atoms with van der Waals surface area (Å²) in [6.07, 6.45) is 0. The number of nitrogen functional groups attached to an aromatic ring is 1. The normalized spacial score (nSPS) is 13.3. The van der Waals surface area contributed by atoms with Gasteiger partial charge in [-0.3, -0.25) is 0 Å². The van der Waals surface area contributed by atoms with Gasteiger partial charge in [0.2, 0.25) is 10.0 Å². The zero-order valence-corrected chi connectivity index (χ0v) is 11.9. The van der Waals surface area contributed by atoms with Crippen LogP contribution in [0.5, 0.6) is 0 Å². The lowest BCUT2D eigenvalue weighted by Crippen LogP contribution is -2.26. The maximum absolute atomic E-state index is 13.2. The van der Waals surface area contributed by atoms with E-state index in [-0.39, 0.29) is 10.6 Å². The highest BCUT2D eigenvalue weighted by Crippen LogP contribution is 2.21. The van der Waals surface area contributed by atoms with Gasteiger partial charge >= 0.3 is 0 Å². The van der Waals surface area contributed by atoms with Gasteiger partial charge in [-0.1, -0.05) is 0 Å². The molecule has 108 valence electrons. The van der Waals surface area contributed by atoms with Crippen LogP contribution in [-0.2, 0) is 10.0 Å². The van der Waals surface area contributed by atoms with Gasteiger partial charge in [-0.2, -0.15) is 0 Å². The molecule has 0 aliphatic carbocycles. The summed E-state index contributed by atoms with van der Waals surface area (Å²) in [5.74, 6) is 0.461. The third-order valence-electron chi connectivity index (χ3n) is 2.72. The Balaban J connectivity index is 2.27. The molecule has 0 saturated heterocycles. The molecule has 0 saturated carbocycles. The fourth-order valence-corrected chi connectivity index (χ4v) is 3.06. The Morgan fingerprint density at radius 2 is 2.00 bits per heavy atom. The van der Waals surface area contributed by atoms with Crippen LogP contribution < -0.4 is 10.5 Å². The number of nitrogens with two attached hydrogens (primary N) is 1. The van der Waals surface area contributed by atoms with Crippen LogP contribution in [0.2, 0.25) is 0 Å². The molecule has 0 fully saturated rings. The van der Waals surface area contributed by atoms with E-state index < -0.39 is 21.9 Å². The number of aryl methyl sites for hydroxylation is 1. The molecule has 5 nitrogen and oxygen atoms in total. The van der Waals surface area contributed by atoms with E-state index >= 15 is 0 Å². The van der Waals surface area contributed by atoms with E-state index in [9.17, 15) is 12.8 Å². The van der Waals surface area contributed by atoms with Gasteiger partial charge in [0.25, 0.3) is 0 Å². The van der Waals surface area contributed by atoms with Crippen molar-refractivity contribution in [3.8, 4) is 0 Å². The molecule has 1 aromatic carbocycles. The average Bonchev–Trinajstić information content (AvgIpc) is 2.74. The fraction of sp³-hybridized carbons (Fsp3) is 0.231. The van der Waals surface area contributed by atoms with Gasteiger partial charge in [0.15, 0.2) is 0 Å². The van der Waals surface area contributed by atoms with E-state index in [0.29, 0.717) is 11.5 Å². The number of hydrogen-bond acceptors (Lipinski definition) is 4. The molecule has 7 heteroatoms. The van der Waals surface area contributed by atoms with Gasteiger partial charge in [0.1, 0.15) is 17.3 Å². The fourth-order valence-electron chi connectivity index (χ4n) is 1.78. The van der Waals surface area contributed by atoms with Crippen LogP contribution in [-0.4, -0.2) is 8.42 Å². The van der Waals surface area contributed by atoms with Crippen molar-refractivity contribution in [1.82, 2.24) is 4.72 Å². The minimum absolute atomic E-state index is 0.0480. The van der Waals surface area contributed by atoms with E-state index in [2.05, 4.69) is 4.72 Å². The third kappa shape index (κ3) is 3.17. The van der Waals surface area contributed by atoms with Crippen LogP contribution in [0, 0.1) is 12.7 Å². The van der Waals surface area contributed by atoms with Gasteiger partial charge in [-0.15, -0.1) is 0 Å². The van der Waals surface area contributed by atoms with Gasteiger partial charge in [0.05, 0.1) is 10.9 Å². The van der Waals surface area contributed by atoms with Gasteiger partial charge in [-0.05, 0) is 44.2 Å². The summed E-state index contributed by atoms with van der Waals surface area (Å²) in [7, 11) is -3.87. The Bertz CT molecular complexity index is 705. The van der Waals surface area contributed by atoms with E-state index in [1.807, 2.05) is 0 Å². The number of hydrogen-bond donors (Lipinski definition) is 2. The van der Waals surface area contributed by atoms with Crippen molar-refractivity contribution in [3.05, 3.63) is 47.7 Å². The van der Waals surface area contributed by atoms with Crippen LogP contribution in [0.1, 0.15) is 24.5 Å². The maximum Gasteiger partial charge on any atom is 0.241 e. The van der Waals surface area contributed by atoms with Gasteiger partial charge in [-0.25, -0.2) is 17.5 Å². The van der Waals surface area contributed by atoms with Crippen molar-refractivity contribution < 1.29 is 17.2 Å². The van der Waals surface area contributed by atoms with Crippen LogP contribution in [0.25, 0.3) is 0 Å². The Morgan fingerprint density at radius 1 is 1.30 bits per heavy atom. The SMILES string of the molecule is Cc1ccc(C(C)NS(=O)(=O)c2cc(N)cc(F)c2)o1. The minimum atomic E-state index is -3.87. The topological polar surface area (TPSA) is 85.3 Å². The summed E-state index contributed by atoms with van der Waals surface area (Å²) in [6, 6.07) is 6.02. The molecule has 0 aliphatic rings. The van der Waals surface area contributed by atoms with Gasteiger partial charge in [0, 0.05) is 5.69 Å². The van der Waals surface area contributed by atoms with Crippen molar-refractivity contribution in [2.45, 2.75) is 24.8 Å². The summed E-state index contributed by atoms with van der Waals surface area (Å²) in [6.45, 7) is 3.40. The number of nitrogens with one attached hydrogen (secondary N) is 1. The van der Waals surface area contributed by atoms with Crippen LogP contribution >= 0.6 is 0 Å².